The standard InChI is InChI=1S/C25H34N2O2/c1-16-9-18(3)24(28)20(11-16)13-26-15-27(23-8-6-5-7-22(23)26)14-21-12-17(2)10-19(4)25(21)29/h9-12,22-23,28-29H,5-8,13-15H2,1-4H3/t22-,23-/m1/s1. The number of rotatable bonds is 4. The van der Waals surface area contributed by atoms with E-state index in [1.165, 1.54) is 36.8 Å². The summed E-state index contributed by atoms with van der Waals surface area (Å²) in [5.74, 6) is 0.877. The lowest BCUT2D eigenvalue weighted by atomic mass is 9.89. The highest BCUT2D eigenvalue weighted by Crippen LogP contribution is 2.37. The molecule has 1 aliphatic heterocycles. The number of nitrogens with zero attached hydrogens (tertiary/aromatic N) is 2. The molecule has 156 valence electrons. The molecule has 1 saturated carbocycles. The smallest absolute Gasteiger partial charge is 0.122 e. The second kappa shape index (κ2) is 8.00. The van der Waals surface area contributed by atoms with E-state index in [9.17, 15) is 10.2 Å². The van der Waals surface area contributed by atoms with Crippen molar-refractivity contribution in [2.24, 2.45) is 0 Å². The Bertz CT molecular complexity index is 835. The van der Waals surface area contributed by atoms with E-state index in [-0.39, 0.29) is 0 Å². The van der Waals surface area contributed by atoms with Crippen LogP contribution in [0.1, 0.15) is 59.1 Å². The van der Waals surface area contributed by atoms with Gasteiger partial charge in [-0.15, -0.1) is 0 Å². The average molecular weight is 395 g/mol. The molecule has 4 heteroatoms. The molecule has 2 aliphatic rings. The minimum atomic E-state index is 0.438. The lowest BCUT2D eigenvalue weighted by Gasteiger charge is -2.33. The van der Waals surface area contributed by atoms with Crippen LogP contribution in [0.5, 0.6) is 11.5 Å². The zero-order valence-corrected chi connectivity index (χ0v) is 18.2. The Morgan fingerprint density at radius 1 is 0.724 bits per heavy atom. The first-order chi connectivity index (χ1) is 13.8. The van der Waals surface area contributed by atoms with Gasteiger partial charge in [0, 0.05) is 36.3 Å². The summed E-state index contributed by atoms with van der Waals surface area (Å²) in [6, 6.07) is 9.38. The summed E-state index contributed by atoms with van der Waals surface area (Å²) in [6.07, 6.45) is 4.98. The number of hydrogen-bond acceptors (Lipinski definition) is 4. The maximum atomic E-state index is 10.6. The van der Waals surface area contributed by atoms with Gasteiger partial charge in [-0.3, -0.25) is 9.80 Å². The molecule has 29 heavy (non-hydrogen) atoms. The van der Waals surface area contributed by atoms with Gasteiger partial charge in [-0.2, -0.15) is 0 Å². The van der Waals surface area contributed by atoms with E-state index in [0.29, 0.717) is 23.6 Å². The van der Waals surface area contributed by atoms with Crippen molar-refractivity contribution in [1.82, 2.24) is 9.80 Å². The molecule has 2 N–H and O–H groups in total. The van der Waals surface area contributed by atoms with Gasteiger partial charge in [0.05, 0.1) is 6.67 Å². The van der Waals surface area contributed by atoms with Gasteiger partial charge < -0.3 is 10.2 Å². The molecule has 1 heterocycles. The second-order valence-electron chi connectivity index (χ2n) is 9.23. The van der Waals surface area contributed by atoms with Gasteiger partial charge in [0.25, 0.3) is 0 Å². The number of benzene rings is 2. The molecule has 1 saturated heterocycles. The number of phenols is 2. The summed E-state index contributed by atoms with van der Waals surface area (Å²) in [4.78, 5) is 5.08. The van der Waals surface area contributed by atoms with Crippen molar-refractivity contribution >= 4 is 0 Å². The maximum absolute atomic E-state index is 10.6. The molecule has 0 radical (unpaired) electrons. The predicted octanol–water partition coefficient (Wildman–Crippen LogP) is 4.92. The quantitative estimate of drug-likeness (QED) is 0.773. The van der Waals surface area contributed by atoms with Gasteiger partial charge in [0.2, 0.25) is 0 Å². The number of aromatic hydroxyl groups is 2. The minimum Gasteiger partial charge on any atom is -0.507 e. The highest BCUT2D eigenvalue weighted by atomic mass is 16.3. The molecule has 0 bridgehead atoms. The average Bonchev–Trinajstić information content (AvgIpc) is 3.01. The summed E-state index contributed by atoms with van der Waals surface area (Å²) in [5, 5.41) is 21.2. The van der Waals surface area contributed by atoms with Crippen molar-refractivity contribution in [1.29, 1.82) is 0 Å². The summed E-state index contributed by atoms with van der Waals surface area (Å²) in [6.45, 7) is 10.6. The van der Waals surface area contributed by atoms with Crippen LogP contribution in [-0.2, 0) is 13.1 Å². The van der Waals surface area contributed by atoms with E-state index in [1.807, 2.05) is 26.0 Å². The molecular formula is C25H34N2O2. The molecule has 0 amide bonds. The lowest BCUT2D eigenvalue weighted by Crippen LogP contribution is -2.39. The van der Waals surface area contributed by atoms with Crippen LogP contribution in [0.15, 0.2) is 24.3 Å². The highest BCUT2D eigenvalue weighted by molar-refractivity contribution is 5.43. The van der Waals surface area contributed by atoms with E-state index in [0.717, 1.165) is 42.0 Å². The van der Waals surface area contributed by atoms with Crippen LogP contribution in [0, 0.1) is 27.7 Å². The fourth-order valence-electron chi connectivity index (χ4n) is 5.50. The molecule has 4 nitrogen and oxygen atoms in total. The normalized spacial score (nSPS) is 22.8. The van der Waals surface area contributed by atoms with Gasteiger partial charge in [-0.05, 0) is 51.7 Å². The second-order valence-corrected chi connectivity index (χ2v) is 9.23. The molecule has 2 atom stereocenters. The molecule has 0 spiro atoms. The minimum absolute atomic E-state index is 0.438. The Morgan fingerprint density at radius 3 is 1.55 bits per heavy atom. The first kappa shape index (κ1) is 20.2. The number of hydrogen-bond donors (Lipinski definition) is 2. The summed E-state index contributed by atoms with van der Waals surface area (Å²) in [5.41, 5.74) is 6.37. The van der Waals surface area contributed by atoms with Gasteiger partial charge in [0.1, 0.15) is 11.5 Å². The fraction of sp³-hybridized carbons (Fsp3) is 0.520. The van der Waals surface area contributed by atoms with Crippen LogP contribution in [0.2, 0.25) is 0 Å². The van der Waals surface area contributed by atoms with E-state index < -0.39 is 0 Å². The van der Waals surface area contributed by atoms with Crippen LogP contribution in [0.4, 0.5) is 0 Å². The van der Waals surface area contributed by atoms with Gasteiger partial charge in [0.15, 0.2) is 0 Å². The topological polar surface area (TPSA) is 46.9 Å². The third kappa shape index (κ3) is 4.01. The largest absolute Gasteiger partial charge is 0.507 e. The molecule has 2 aromatic rings. The van der Waals surface area contributed by atoms with Crippen molar-refractivity contribution in [2.45, 2.75) is 78.6 Å². The van der Waals surface area contributed by atoms with Crippen LogP contribution in [0.3, 0.4) is 0 Å². The van der Waals surface area contributed by atoms with Gasteiger partial charge >= 0.3 is 0 Å². The Morgan fingerprint density at radius 2 is 1.14 bits per heavy atom. The molecule has 2 aromatic carbocycles. The summed E-state index contributed by atoms with van der Waals surface area (Å²) < 4.78 is 0. The third-order valence-corrected chi connectivity index (χ3v) is 6.79. The van der Waals surface area contributed by atoms with Crippen molar-refractivity contribution in [3.8, 4) is 11.5 Å². The molecule has 1 aliphatic carbocycles. The predicted molar refractivity (Wildman–Crippen MR) is 117 cm³/mol. The van der Waals surface area contributed by atoms with Gasteiger partial charge in [-0.25, -0.2) is 0 Å². The molecule has 0 unspecified atom stereocenters. The SMILES string of the molecule is Cc1cc(C)c(O)c(CN2CN(Cc3cc(C)cc(C)c3O)[C@@H]3CCCC[C@H]32)c1. The Labute approximate surface area is 174 Å². The summed E-state index contributed by atoms with van der Waals surface area (Å²) >= 11 is 0. The maximum Gasteiger partial charge on any atom is 0.122 e. The van der Waals surface area contributed by atoms with E-state index >= 15 is 0 Å². The van der Waals surface area contributed by atoms with Gasteiger partial charge in [-0.1, -0.05) is 48.2 Å². The van der Waals surface area contributed by atoms with Crippen LogP contribution < -0.4 is 0 Å². The molecular weight excluding hydrogens is 360 g/mol. The van der Waals surface area contributed by atoms with Crippen molar-refractivity contribution in [2.75, 3.05) is 6.67 Å². The molecule has 0 aromatic heterocycles. The van der Waals surface area contributed by atoms with E-state index in [2.05, 4.69) is 35.8 Å². The van der Waals surface area contributed by atoms with Crippen molar-refractivity contribution < 1.29 is 10.2 Å². The van der Waals surface area contributed by atoms with E-state index in [4.69, 9.17) is 0 Å². The fourth-order valence-corrected chi connectivity index (χ4v) is 5.50. The van der Waals surface area contributed by atoms with Crippen molar-refractivity contribution in [3.63, 3.8) is 0 Å². The van der Waals surface area contributed by atoms with E-state index in [1.54, 1.807) is 0 Å². The Hall–Kier alpha value is -2.04. The molecule has 2 fully saturated rings. The molecule has 4 rings (SSSR count). The summed E-state index contributed by atoms with van der Waals surface area (Å²) in [7, 11) is 0. The monoisotopic (exact) mass is 394 g/mol. The van der Waals surface area contributed by atoms with Crippen LogP contribution >= 0.6 is 0 Å². The first-order valence-corrected chi connectivity index (χ1v) is 10.9. The Balaban J connectivity index is 1.58. The number of phenolic OH excluding ortho intramolecular Hbond substituents is 2. The highest BCUT2D eigenvalue weighted by Gasteiger charge is 2.41. The van der Waals surface area contributed by atoms with Crippen molar-refractivity contribution in [3.05, 3.63) is 57.6 Å². The number of aryl methyl sites for hydroxylation is 4. The third-order valence-electron chi connectivity index (χ3n) is 6.79. The zero-order valence-electron chi connectivity index (χ0n) is 18.2. The van der Waals surface area contributed by atoms with Crippen LogP contribution in [-0.4, -0.2) is 38.8 Å². The Kier molecular flexibility index (Phi) is 5.58. The zero-order chi connectivity index (χ0) is 20.7. The first-order valence-electron chi connectivity index (χ1n) is 10.9. The lowest BCUT2D eigenvalue weighted by molar-refractivity contribution is 0.196. The number of fused-ring (bicyclic) bond motifs is 1. The van der Waals surface area contributed by atoms with Crippen LogP contribution in [0.25, 0.3) is 0 Å².